The number of aryl methyl sites for hydroxylation is 1. The van der Waals surface area contributed by atoms with Crippen LogP contribution in [0, 0.1) is 0 Å². The van der Waals surface area contributed by atoms with Crippen LogP contribution in [0.5, 0.6) is 0 Å². The molecule has 0 unspecified atom stereocenters. The summed E-state index contributed by atoms with van der Waals surface area (Å²) in [4.78, 5) is 26.2. The number of nitrogens with one attached hydrogen (secondary N) is 1. The van der Waals surface area contributed by atoms with Gasteiger partial charge in [0, 0.05) is 11.8 Å². The molecule has 128 valence electrons. The first-order valence-corrected chi connectivity index (χ1v) is 7.75. The second-order valence-corrected chi connectivity index (χ2v) is 5.81. The van der Waals surface area contributed by atoms with Gasteiger partial charge in [-0.3, -0.25) is 4.79 Å². The van der Waals surface area contributed by atoms with Crippen LogP contribution in [0.25, 0.3) is 0 Å². The number of carbonyl (C=O) groups is 2. The van der Waals surface area contributed by atoms with Crippen molar-refractivity contribution in [3.05, 3.63) is 51.5 Å². The minimum absolute atomic E-state index is 0.0296. The van der Waals surface area contributed by atoms with Crippen LogP contribution in [-0.2, 0) is 23.9 Å². The summed E-state index contributed by atoms with van der Waals surface area (Å²) < 4.78 is 37.3. The third kappa shape index (κ3) is 4.79. The lowest BCUT2D eigenvalue weighted by molar-refractivity contribution is -0.140. The summed E-state index contributed by atoms with van der Waals surface area (Å²) in [6, 6.07) is 6.33. The first kappa shape index (κ1) is 17.9. The van der Waals surface area contributed by atoms with Crippen molar-refractivity contribution < 1.29 is 27.9 Å². The third-order valence-corrected chi connectivity index (χ3v) is 4.00. The maximum atomic E-state index is 12.4. The van der Waals surface area contributed by atoms with Gasteiger partial charge in [0.05, 0.1) is 12.1 Å². The fraction of sp³-hybridized carbons (Fsp3) is 0.267. The highest BCUT2D eigenvalue weighted by atomic mass is 32.1. The lowest BCUT2D eigenvalue weighted by Gasteiger charge is -2.06. The van der Waals surface area contributed by atoms with Crippen molar-refractivity contribution in [1.29, 1.82) is 0 Å². The average molecular weight is 358 g/mol. The van der Waals surface area contributed by atoms with Crippen molar-refractivity contribution >= 4 is 23.2 Å². The van der Waals surface area contributed by atoms with E-state index >= 15 is 0 Å². The Labute approximate surface area is 139 Å². The number of carboxylic acid groups (broad SMARTS) is 1. The van der Waals surface area contributed by atoms with Crippen molar-refractivity contribution in [2.24, 2.45) is 0 Å². The number of thiazole rings is 1. The Morgan fingerprint density at radius 1 is 1.25 bits per heavy atom. The molecule has 5 nitrogen and oxygen atoms in total. The van der Waals surface area contributed by atoms with Gasteiger partial charge in [-0.2, -0.15) is 13.2 Å². The van der Waals surface area contributed by atoms with Gasteiger partial charge >= 0.3 is 12.1 Å². The first-order chi connectivity index (χ1) is 11.3. The zero-order valence-corrected chi connectivity index (χ0v) is 13.1. The Balaban J connectivity index is 1.86. The predicted molar refractivity (Wildman–Crippen MR) is 80.7 cm³/mol. The molecule has 1 heterocycles. The highest BCUT2D eigenvalue weighted by molar-refractivity contribution is 7.09. The minimum Gasteiger partial charge on any atom is -0.478 e. The molecule has 0 spiro atoms. The molecular formula is C15H13F3N2O3S. The number of amides is 1. The largest absolute Gasteiger partial charge is 0.478 e. The normalized spacial score (nSPS) is 11.3. The van der Waals surface area contributed by atoms with E-state index in [-0.39, 0.29) is 35.9 Å². The molecule has 2 N–H and O–H groups in total. The van der Waals surface area contributed by atoms with E-state index < -0.39 is 17.8 Å². The van der Waals surface area contributed by atoms with Gasteiger partial charge in [-0.1, -0.05) is 18.2 Å². The van der Waals surface area contributed by atoms with Crippen LogP contribution in [0.3, 0.4) is 0 Å². The number of halogens is 3. The highest BCUT2D eigenvalue weighted by Crippen LogP contribution is 2.29. The van der Waals surface area contributed by atoms with E-state index in [1.807, 2.05) is 0 Å². The van der Waals surface area contributed by atoms with E-state index in [1.165, 1.54) is 6.07 Å². The van der Waals surface area contributed by atoms with Gasteiger partial charge in [0.2, 0.25) is 5.91 Å². The van der Waals surface area contributed by atoms with E-state index in [9.17, 15) is 22.8 Å². The topological polar surface area (TPSA) is 79.3 Å². The Morgan fingerprint density at radius 2 is 1.96 bits per heavy atom. The molecule has 24 heavy (non-hydrogen) atoms. The average Bonchev–Trinajstić information content (AvgIpc) is 3.00. The zero-order valence-electron chi connectivity index (χ0n) is 12.3. The quantitative estimate of drug-likeness (QED) is 0.832. The molecule has 0 saturated heterocycles. The highest BCUT2D eigenvalue weighted by Gasteiger charge is 2.33. The summed E-state index contributed by atoms with van der Waals surface area (Å²) in [5.74, 6) is -1.47. The monoisotopic (exact) mass is 358 g/mol. The summed E-state index contributed by atoms with van der Waals surface area (Å²) in [6.45, 7) is -0.0971. The van der Waals surface area contributed by atoms with Crippen LogP contribution < -0.4 is 5.32 Å². The molecule has 2 rings (SSSR count). The molecule has 0 aliphatic carbocycles. The second kappa shape index (κ2) is 7.43. The number of aromatic carboxylic acids is 1. The van der Waals surface area contributed by atoms with Crippen molar-refractivity contribution in [1.82, 2.24) is 10.3 Å². The third-order valence-electron chi connectivity index (χ3n) is 3.15. The number of hydrogen-bond donors (Lipinski definition) is 2. The second-order valence-electron chi connectivity index (χ2n) is 4.86. The van der Waals surface area contributed by atoms with Crippen LogP contribution in [0.2, 0.25) is 0 Å². The number of carbonyl (C=O) groups excluding carboxylic acids is 1. The number of nitrogens with zero attached hydrogens (tertiary/aromatic N) is 1. The molecule has 0 aliphatic rings. The van der Waals surface area contributed by atoms with Crippen LogP contribution in [0.4, 0.5) is 13.2 Å². The minimum atomic E-state index is -4.50. The van der Waals surface area contributed by atoms with Crippen LogP contribution in [0.15, 0.2) is 29.6 Å². The molecule has 0 aliphatic heterocycles. The fourth-order valence-corrected chi connectivity index (χ4v) is 2.72. The van der Waals surface area contributed by atoms with E-state index in [0.29, 0.717) is 5.56 Å². The van der Waals surface area contributed by atoms with Gasteiger partial charge in [-0.15, -0.1) is 11.3 Å². The van der Waals surface area contributed by atoms with Crippen molar-refractivity contribution in [3.8, 4) is 0 Å². The van der Waals surface area contributed by atoms with Crippen LogP contribution in [0.1, 0.15) is 33.0 Å². The molecule has 2 aromatic rings. The standard InChI is InChI=1S/C15H13F3N2O3S/c16-15(17,18)11-8-24-13(20-11)7-19-12(21)6-5-9-3-1-2-4-10(9)14(22)23/h1-4,8H,5-7H2,(H,19,21)(H,22,23). The summed E-state index contributed by atoms with van der Waals surface area (Å²) in [5, 5.41) is 12.6. The number of alkyl halides is 3. The maximum Gasteiger partial charge on any atom is 0.434 e. The van der Waals surface area contributed by atoms with Crippen molar-refractivity contribution in [2.75, 3.05) is 0 Å². The van der Waals surface area contributed by atoms with E-state index in [1.54, 1.807) is 18.2 Å². The first-order valence-electron chi connectivity index (χ1n) is 6.87. The van der Waals surface area contributed by atoms with Crippen LogP contribution >= 0.6 is 11.3 Å². The molecule has 1 aromatic heterocycles. The Kier molecular flexibility index (Phi) is 5.55. The molecule has 0 saturated carbocycles. The Bertz CT molecular complexity index is 744. The molecule has 0 atom stereocenters. The SMILES string of the molecule is O=C(CCc1ccccc1C(=O)O)NCc1nc(C(F)(F)F)cs1. The number of hydrogen-bond acceptors (Lipinski definition) is 4. The van der Waals surface area contributed by atoms with Gasteiger partial charge in [-0.05, 0) is 18.1 Å². The maximum absolute atomic E-state index is 12.4. The lowest BCUT2D eigenvalue weighted by atomic mass is 10.0. The predicted octanol–water partition coefficient (Wildman–Crippen LogP) is 3.11. The molecule has 0 bridgehead atoms. The van der Waals surface area contributed by atoms with Crippen LogP contribution in [-0.4, -0.2) is 22.0 Å². The summed E-state index contributed by atoms with van der Waals surface area (Å²) in [7, 11) is 0. The van der Waals surface area contributed by atoms with E-state index in [4.69, 9.17) is 5.11 Å². The Hall–Kier alpha value is -2.42. The summed E-state index contributed by atoms with van der Waals surface area (Å²) in [6.07, 6.45) is -4.25. The lowest BCUT2D eigenvalue weighted by Crippen LogP contribution is -2.23. The van der Waals surface area contributed by atoms with E-state index in [2.05, 4.69) is 10.3 Å². The number of aromatic nitrogens is 1. The smallest absolute Gasteiger partial charge is 0.434 e. The Morgan fingerprint density at radius 3 is 2.58 bits per heavy atom. The molecule has 1 amide bonds. The van der Waals surface area contributed by atoms with Gasteiger partial charge < -0.3 is 10.4 Å². The number of carboxylic acids is 1. The molecule has 0 radical (unpaired) electrons. The summed E-state index contributed by atoms with van der Waals surface area (Å²) >= 11 is 0.816. The van der Waals surface area contributed by atoms with E-state index in [0.717, 1.165) is 16.7 Å². The van der Waals surface area contributed by atoms with Crippen molar-refractivity contribution in [2.45, 2.75) is 25.6 Å². The summed E-state index contributed by atoms with van der Waals surface area (Å²) in [5.41, 5.74) is -0.332. The van der Waals surface area contributed by atoms with Gasteiger partial charge in [-0.25, -0.2) is 9.78 Å². The van der Waals surface area contributed by atoms with Gasteiger partial charge in [0.25, 0.3) is 0 Å². The number of benzene rings is 1. The van der Waals surface area contributed by atoms with Gasteiger partial charge in [0.15, 0.2) is 5.69 Å². The van der Waals surface area contributed by atoms with Gasteiger partial charge in [0.1, 0.15) is 5.01 Å². The van der Waals surface area contributed by atoms with Crippen molar-refractivity contribution in [3.63, 3.8) is 0 Å². The molecule has 1 aromatic carbocycles. The zero-order chi connectivity index (χ0) is 17.7. The fourth-order valence-electron chi connectivity index (χ4n) is 1.98. The molecule has 9 heteroatoms. The number of rotatable bonds is 6. The molecule has 0 fully saturated rings. The molecular weight excluding hydrogens is 345 g/mol.